The molecule has 1 aliphatic heterocycles. The maximum atomic E-state index is 12.4. The number of Topliss-reactive ketones (excluding diaryl/α,β-unsaturated/α-hetero) is 1. The van der Waals surface area contributed by atoms with Gasteiger partial charge in [0.2, 0.25) is 0 Å². The van der Waals surface area contributed by atoms with Crippen LogP contribution in [0.15, 0.2) is 48.5 Å². The molecule has 112 valence electrons. The number of carbonyl (C=O) groups is 2. The van der Waals surface area contributed by atoms with Crippen molar-refractivity contribution in [2.24, 2.45) is 0 Å². The molecule has 1 aliphatic rings. The van der Waals surface area contributed by atoms with Crippen LogP contribution in [0.1, 0.15) is 22.3 Å². The van der Waals surface area contributed by atoms with E-state index in [1.54, 1.807) is 49.5 Å². The molecule has 4 nitrogen and oxygen atoms in total. The van der Waals surface area contributed by atoms with E-state index in [0.29, 0.717) is 21.8 Å². The van der Waals surface area contributed by atoms with Crippen molar-refractivity contribution in [2.75, 3.05) is 11.9 Å². The average Bonchev–Trinajstić information content (AvgIpc) is 2.70. The fourth-order valence-corrected chi connectivity index (χ4v) is 2.94. The maximum Gasteiger partial charge on any atom is 0.263 e. The number of benzene rings is 2. The first kappa shape index (κ1) is 14.8. The van der Waals surface area contributed by atoms with E-state index in [2.05, 4.69) is 0 Å². The number of nitrogens with zero attached hydrogens (tertiary/aromatic N) is 1. The van der Waals surface area contributed by atoms with E-state index >= 15 is 0 Å². The van der Waals surface area contributed by atoms with Crippen LogP contribution in [0, 0.1) is 0 Å². The summed E-state index contributed by atoms with van der Waals surface area (Å²) >= 11 is 5.97. The number of hydrogen-bond donors (Lipinski definition) is 1. The van der Waals surface area contributed by atoms with E-state index in [4.69, 9.17) is 11.6 Å². The molecule has 1 heterocycles. The Bertz CT molecular complexity index is 760. The fraction of sp³-hybridized carbons (Fsp3) is 0.176. The highest BCUT2D eigenvalue weighted by Crippen LogP contribution is 2.43. The summed E-state index contributed by atoms with van der Waals surface area (Å²) in [6.07, 6.45) is -0.312. The number of likely N-dealkylation sites (N-methyl/N-ethyl adjacent to an activating group) is 1. The van der Waals surface area contributed by atoms with Crippen LogP contribution in [0.4, 0.5) is 5.69 Å². The molecule has 0 saturated heterocycles. The fourth-order valence-electron chi connectivity index (χ4n) is 2.76. The van der Waals surface area contributed by atoms with Crippen LogP contribution in [0.3, 0.4) is 0 Å². The number of rotatable bonds is 3. The third-order valence-corrected chi connectivity index (χ3v) is 4.17. The van der Waals surface area contributed by atoms with Gasteiger partial charge in [0.15, 0.2) is 11.4 Å². The number of anilines is 1. The number of hydrogen-bond acceptors (Lipinski definition) is 3. The van der Waals surface area contributed by atoms with Crippen molar-refractivity contribution in [3.63, 3.8) is 0 Å². The SMILES string of the molecule is CN1C(=O)[C@](O)(CC(=O)c2ccccc2)c2cc(Cl)ccc21. The molecule has 1 atom stereocenters. The number of aliphatic hydroxyl groups is 1. The molecule has 0 radical (unpaired) electrons. The summed E-state index contributed by atoms with van der Waals surface area (Å²) in [6.45, 7) is 0. The first-order valence-corrected chi connectivity index (χ1v) is 7.20. The van der Waals surface area contributed by atoms with E-state index in [1.165, 1.54) is 11.0 Å². The zero-order valence-electron chi connectivity index (χ0n) is 11.9. The molecule has 0 saturated carbocycles. The molecule has 3 rings (SSSR count). The maximum absolute atomic E-state index is 12.4. The van der Waals surface area contributed by atoms with Crippen LogP contribution < -0.4 is 4.90 Å². The predicted molar refractivity (Wildman–Crippen MR) is 84.1 cm³/mol. The van der Waals surface area contributed by atoms with Crippen LogP contribution in [0.25, 0.3) is 0 Å². The average molecular weight is 316 g/mol. The largest absolute Gasteiger partial charge is 0.375 e. The van der Waals surface area contributed by atoms with Gasteiger partial charge in [0.1, 0.15) is 0 Å². The van der Waals surface area contributed by atoms with Gasteiger partial charge in [-0.3, -0.25) is 9.59 Å². The van der Waals surface area contributed by atoms with E-state index in [-0.39, 0.29) is 12.2 Å². The van der Waals surface area contributed by atoms with Gasteiger partial charge in [-0.05, 0) is 18.2 Å². The lowest BCUT2D eigenvalue weighted by Crippen LogP contribution is -2.40. The van der Waals surface area contributed by atoms with Crippen LogP contribution >= 0.6 is 11.6 Å². The smallest absolute Gasteiger partial charge is 0.263 e. The Morgan fingerprint density at radius 3 is 2.59 bits per heavy atom. The van der Waals surface area contributed by atoms with Crippen molar-refractivity contribution in [2.45, 2.75) is 12.0 Å². The van der Waals surface area contributed by atoms with Gasteiger partial charge < -0.3 is 10.0 Å². The van der Waals surface area contributed by atoms with Gasteiger partial charge in [-0.1, -0.05) is 41.9 Å². The molecular weight excluding hydrogens is 302 g/mol. The first-order valence-electron chi connectivity index (χ1n) is 6.82. The molecule has 5 heteroatoms. The van der Waals surface area contributed by atoms with Gasteiger partial charge in [-0.2, -0.15) is 0 Å². The van der Waals surface area contributed by atoms with E-state index in [9.17, 15) is 14.7 Å². The van der Waals surface area contributed by atoms with Gasteiger partial charge in [0.25, 0.3) is 5.91 Å². The topological polar surface area (TPSA) is 57.6 Å². The van der Waals surface area contributed by atoms with E-state index in [0.717, 1.165) is 0 Å². The quantitative estimate of drug-likeness (QED) is 0.886. The summed E-state index contributed by atoms with van der Waals surface area (Å²) in [6, 6.07) is 13.5. The molecule has 1 N–H and O–H groups in total. The highest BCUT2D eigenvalue weighted by Gasteiger charge is 2.49. The minimum Gasteiger partial charge on any atom is -0.375 e. The van der Waals surface area contributed by atoms with Gasteiger partial charge in [0.05, 0.1) is 12.1 Å². The van der Waals surface area contributed by atoms with Crippen LogP contribution in [0.2, 0.25) is 5.02 Å². The molecule has 2 aromatic carbocycles. The van der Waals surface area contributed by atoms with Crippen molar-refractivity contribution in [3.8, 4) is 0 Å². The third kappa shape index (κ3) is 2.21. The highest BCUT2D eigenvalue weighted by atomic mass is 35.5. The summed E-state index contributed by atoms with van der Waals surface area (Å²) in [5, 5.41) is 11.3. The second kappa shape index (κ2) is 5.23. The summed E-state index contributed by atoms with van der Waals surface area (Å²) in [5.41, 5.74) is -0.474. The van der Waals surface area contributed by atoms with E-state index in [1.807, 2.05) is 0 Å². The molecule has 0 aromatic heterocycles. The Kier molecular flexibility index (Phi) is 3.51. The Balaban J connectivity index is 2.01. The number of amides is 1. The normalized spacial score (nSPS) is 20.1. The van der Waals surface area contributed by atoms with Crippen molar-refractivity contribution in [3.05, 3.63) is 64.7 Å². The first-order chi connectivity index (χ1) is 10.4. The van der Waals surface area contributed by atoms with Gasteiger partial charge >= 0.3 is 0 Å². The summed E-state index contributed by atoms with van der Waals surface area (Å²) in [5.74, 6) is -0.813. The predicted octanol–water partition coefficient (Wildman–Crippen LogP) is 2.78. The number of ketones is 1. The van der Waals surface area contributed by atoms with Crippen molar-refractivity contribution in [1.29, 1.82) is 0 Å². The van der Waals surface area contributed by atoms with Gasteiger partial charge in [0, 0.05) is 23.2 Å². The van der Waals surface area contributed by atoms with Crippen LogP contribution in [0.5, 0.6) is 0 Å². The van der Waals surface area contributed by atoms with Crippen LogP contribution in [-0.4, -0.2) is 23.8 Å². The standard InChI is InChI=1S/C17H14ClNO3/c1-19-14-8-7-12(18)9-13(14)17(22,16(19)21)10-15(20)11-5-3-2-4-6-11/h2-9,22H,10H2,1H3/t17-/m0/s1. The minimum absolute atomic E-state index is 0.294. The Hall–Kier alpha value is -2.17. The lowest BCUT2D eigenvalue weighted by molar-refractivity contribution is -0.135. The summed E-state index contributed by atoms with van der Waals surface area (Å²) < 4.78 is 0. The second-order valence-corrected chi connectivity index (χ2v) is 5.79. The third-order valence-electron chi connectivity index (χ3n) is 3.94. The zero-order chi connectivity index (χ0) is 15.9. The molecule has 0 spiro atoms. The Morgan fingerprint density at radius 2 is 1.91 bits per heavy atom. The molecule has 22 heavy (non-hydrogen) atoms. The lowest BCUT2D eigenvalue weighted by atomic mass is 9.88. The summed E-state index contributed by atoms with van der Waals surface area (Å²) in [4.78, 5) is 26.2. The Labute approximate surface area is 132 Å². The molecule has 2 aromatic rings. The van der Waals surface area contributed by atoms with Gasteiger partial charge in [-0.25, -0.2) is 0 Å². The van der Waals surface area contributed by atoms with Crippen molar-refractivity contribution >= 4 is 29.0 Å². The monoisotopic (exact) mass is 315 g/mol. The Morgan fingerprint density at radius 1 is 1.23 bits per heavy atom. The molecule has 0 aliphatic carbocycles. The molecule has 0 unspecified atom stereocenters. The molecular formula is C17H14ClNO3. The van der Waals surface area contributed by atoms with Gasteiger partial charge in [-0.15, -0.1) is 0 Å². The molecule has 0 fully saturated rings. The molecule has 0 bridgehead atoms. The van der Waals surface area contributed by atoms with E-state index < -0.39 is 11.5 Å². The number of fused-ring (bicyclic) bond motifs is 1. The van der Waals surface area contributed by atoms with Crippen molar-refractivity contribution < 1.29 is 14.7 Å². The number of carbonyl (C=O) groups excluding carboxylic acids is 2. The molecule has 1 amide bonds. The highest BCUT2D eigenvalue weighted by molar-refractivity contribution is 6.31. The zero-order valence-corrected chi connectivity index (χ0v) is 12.7. The second-order valence-electron chi connectivity index (χ2n) is 5.35. The lowest BCUT2D eigenvalue weighted by Gasteiger charge is -2.21. The minimum atomic E-state index is -1.87. The van der Waals surface area contributed by atoms with Crippen molar-refractivity contribution in [1.82, 2.24) is 0 Å². The van der Waals surface area contributed by atoms with Crippen LogP contribution in [-0.2, 0) is 10.4 Å². The summed E-state index contributed by atoms with van der Waals surface area (Å²) in [7, 11) is 1.57. The number of halogens is 1.